The molecule has 0 saturated carbocycles. The average Bonchev–Trinajstić information content (AvgIpc) is 2.63. The van der Waals surface area contributed by atoms with Gasteiger partial charge in [-0.05, 0) is 55.3 Å². The lowest BCUT2D eigenvalue weighted by molar-refractivity contribution is 0.304. The van der Waals surface area contributed by atoms with E-state index < -0.39 is 0 Å². The minimum atomic E-state index is 0.816. The monoisotopic (exact) mass is 340 g/mol. The van der Waals surface area contributed by atoms with Gasteiger partial charge >= 0.3 is 0 Å². The van der Waals surface area contributed by atoms with Gasteiger partial charge < -0.3 is 15.4 Å². The van der Waals surface area contributed by atoms with E-state index in [2.05, 4.69) is 60.9 Å². The second-order valence-electron chi connectivity index (χ2n) is 6.51. The standard InChI is InChI=1S/C22H32N2O/c1-3-4-5-6-7-17-25-22-13-11-20(12-14-22)23-15-16-24-21-10-8-9-19(2)18-21/h8-14,18,23-24H,3-7,15-17H2,1-2H3. The summed E-state index contributed by atoms with van der Waals surface area (Å²) in [6.45, 7) is 6.94. The Morgan fingerprint density at radius 3 is 2.24 bits per heavy atom. The molecule has 2 N–H and O–H groups in total. The van der Waals surface area contributed by atoms with Gasteiger partial charge in [0.15, 0.2) is 0 Å². The van der Waals surface area contributed by atoms with Crippen molar-refractivity contribution in [3.8, 4) is 5.75 Å². The molecule has 0 spiro atoms. The van der Waals surface area contributed by atoms with Gasteiger partial charge in [-0.2, -0.15) is 0 Å². The van der Waals surface area contributed by atoms with E-state index in [1.54, 1.807) is 0 Å². The van der Waals surface area contributed by atoms with Gasteiger partial charge in [0.1, 0.15) is 5.75 Å². The van der Waals surface area contributed by atoms with Crippen LogP contribution in [-0.4, -0.2) is 19.7 Å². The maximum atomic E-state index is 5.80. The quantitative estimate of drug-likeness (QED) is 0.474. The molecular formula is C22H32N2O. The Morgan fingerprint density at radius 2 is 1.52 bits per heavy atom. The van der Waals surface area contributed by atoms with E-state index >= 15 is 0 Å². The van der Waals surface area contributed by atoms with E-state index in [0.29, 0.717) is 0 Å². The smallest absolute Gasteiger partial charge is 0.119 e. The second kappa shape index (κ2) is 11.4. The molecule has 0 aliphatic heterocycles. The molecule has 0 aliphatic rings. The fourth-order valence-electron chi connectivity index (χ4n) is 2.73. The summed E-state index contributed by atoms with van der Waals surface area (Å²) < 4.78 is 5.80. The highest BCUT2D eigenvalue weighted by Gasteiger charge is 1.97. The summed E-state index contributed by atoms with van der Waals surface area (Å²) in [5.74, 6) is 0.957. The lowest BCUT2D eigenvalue weighted by Crippen LogP contribution is -2.13. The SMILES string of the molecule is CCCCCCCOc1ccc(NCCNc2cccc(C)c2)cc1. The molecule has 0 fully saturated rings. The van der Waals surface area contributed by atoms with Crippen LogP contribution in [0.15, 0.2) is 48.5 Å². The number of rotatable bonds is 12. The normalized spacial score (nSPS) is 10.5. The number of aryl methyl sites for hydroxylation is 1. The largest absolute Gasteiger partial charge is 0.494 e. The maximum absolute atomic E-state index is 5.80. The summed E-state index contributed by atoms with van der Waals surface area (Å²) in [5.41, 5.74) is 3.57. The molecule has 2 rings (SSSR count). The summed E-state index contributed by atoms with van der Waals surface area (Å²) in [6, 6.07) is 16.7. The molecule has 0 radical (unpaired) electrons. The van der Waals surface area contributed by atoms with E-state index in [1.807, 2.05) is 12.1 Å². The third-order valence-corrected chi connectivity index (χ3v) is 4.17. The van der Waals surface area contributed by atoms with Crippen molar-refractivity contribution in [2.75, 3.05) is 30.3 Å². The predicted octanol–water partition coefficient (Wildman–Crippen LogP) is 5.87. The summed E-state index contributed by atoms with van der Waals surface area (Å²) >= 11 is 0. The van der Waals surface area contributed by atoms with Gasteiger partial charge in [0.2, 0.25) is 0 Å². The Kier molecular flexibility index (Phi) is 8.74. The number of hydrogen-bond donors (Lipinski definition) is 2. The third-order valence-electron chi connectivity index (χ3n) is 4.17. The molecule has 0 heterocycles. The van der Waals surface area contributed by atoms with Crippen molar-refractivity contribution in [3.63, 3.8) is 0 Å². The number of anilines is 2. The Morgan fingerprint density at radius 1 is 0.800 bits per heavy atom. The number of ether oxygens (including phenoxy) is 1. The molecule has 2 aromatic carbocycles. The Balaban J connectivity index is 1.60. The van der Waals surface area contributed by atoms with Gasteiger partial charge in [-0.3, -0.25) is 0 Å². The van der Waals surface area contributed by atoms with Crippen LogP contribution in [0.2, 0.25) is 0 Å². The van der Waals surface area contributed by atoms with E-state index in [0.717, 1.165) is 37.6 Å². The molecule has 0 saturated heterocycles. The number of benzene rings is 2. The van der Waals surface area contributed by atoms with Crippen molar-refractivity contribution in [1.29, 1.82) is 0 Å². The van der Waals surface area contributed by atoms with Crippen molar-refractivity contribution in [2.45, 2.75) is 46.0 Å². The van der Waals surface area contributed by atoms with Crippen molar-refractivity contribution in [3.05, 3.63) is 54.1 Å². The number of nitrogens with one attached hydrogen (secondary N) is 2. The molecule has 25 heavy (non-hydrogen) atoms. The summed E-state index contributed by atoms with van der Waals surface area (Å²) in [7, 11) is 0. The van der Waals surface area contributed by atoms with Gasteiger partial charge in [0, 0.05) is 24.5 Å². The van der Waals surface area contributed by atoms with Crippen LogP contribution in [-0.2, 0) is 0 Å². The molecule has 0 aliphatic carbocycles. The van der Waals surface area contributed by atoms with Crippen LogP contribution in [0.4, 0.5) is 11.4 Å². The van der Waals surface area contributed by atoms with Crippen molar-refractivity contribution in [2.24, 2.45) is 0 Å². The van der Waals surface area contributed by atoms with Crippen molar-refractivity contribution in [1.82, 2.24) is 0 Å². The molecule has 136 valence electrons. The fraction of sp³-hybridized carbons (Fsp3) is 0.455. The second-order valence-corrected chi connectivity index (χ2v) is 6.51. The minimum absolute atomic E-state index is 0.816. The molecule has 3 heteroatoms. The Labute approximate surface area is 152 Å². The van der Waals surface area contributed by atoms with E-state index in [1.165, 1.54) is 36.9 Å². The molecule has 3 nitrogen and oxygen atoms in total. The van der Waals surface area contributed by atoms with Crippen molar-refractivity contribution >= 4 is 11.4 Å². The zero-order valence-electron chi connectivity index (χ0n) is 15.7. The van der Waals surface area contributed by atoms with E-state index in [9.17, 15) is 0 Å². The summed E-state index contributed by atoms with van der Waals surface area (Å²) in [4.78, 5) is 0. The number of unbranched alkanes of at least 4 members (excludes halogenated alkanes) is 4. The lowest BCUT2D eigenvalue weighted by Gasteiger charge is -2.10. The predicted molar refractivity (Wildman–Crippen MR) is 109 cm³/mol. The average molecular weight is 341 g/mol. The highest BCUT2D eigenvalue weighted by molar-refractivity contribution is 5.48. The third kappa shape index (κ3) is 7.97. The highest BCUT2D eigenvalue weighted by atomic mass is 16.5. The van der Waals surface area contributed by atoms with Crippen LogP contribution in [0.3, 0.4) is 0 Å². The van der Waals surface area contributed by atoms with Gasteiger partial charge in [-0.25, -0.2) is 0 Å². The van der Waals surface area contributed by atoms with E-state index in [-0.39, 0.29) is 0 Å². The van der Waals surface area contributed by atoms with Crippen LogP contribution >= 0.6 is 0 Å². The first-order valence-electron chi connectivity index (χ1n) is 9.55. The summed E-state index contributed by atoms with van der Waals surface area (Å²) in [6.07, 6.45) is 6.35. The van der Waals surface area contributed by atoms with Crippen molar-refractivity contribution < 1.29 is 4.74 Å². The number of hydrogen-bond acceptors (Lipinski definition) is 3. The van der Waals surface area contributed by atoms with Crippen LogP contribution in [0.25, 0.3) is 0 Å². The topological polar surface area (TPSA) is 33.3 Å². The Hall–Kier alpha value is -2.16. The molecule has 0 aromatic heterocycles. The van der Waals surface area contributed by atoms with Crippen LogP contribution < -0.4 is 15.4 Å². The van der Waals surface area contributed by atoms with Crippen LogP contribution in [0.1, 0.15) is 44.6 Å². The first-order valence-corrected chi connectivity index (χ1v) is 9.55. The zero-order valence-corrected chi connectivity index (χ0v) is 15.7. The molecule has 0 bridgehead atoms. The van der Waals surface area contributed by atoms with Gasteiger partial charge in [-0.15, -0.1) is 0 Å². The first kappa shape index (κ1) is 19.2. The minimum Gasteiger partial charge on any atom is -0.494 e. The maximum Gasteiger partial charge on any atom is 0.119 e. The van der Waals surface area contributed by atoms with Gasteiger partial charge in [-0.1, -0.05) is 44.7 Å². The van der Waals surface area contributed by atoms with Gasteiger partial charge in [0.25, 0.3) is 0 Å². The Bertz CT molecular complexity index is 595. The van der Waals surface area contributed by atoms with Crippen LogP contribution in [0.5, 0.6) is 5.75 Å². The van der Waals surface area contributed by atoms with Gasteiger partial charge in [0.05, 0.1) is 6.61 Å². The fourth-order valence-corrected chi connectivity index (χ4v) is 2.73. The molecule has 0 amide bonds. The summed E-state index contributed by atoms with van der Waals surface area (Å²) in [5, 5.41) is 6.86. The van der Waals surface area contributed by atoms with Crippen LogP contribution in [0, 0.1) is 6.92 Å². The highest BCUT2D eigenvalue weighted by Crippen LogP contribution is 2.16. The first-order chi connectivity index (χ1) is 12.3. The molecule has 2 aromatic rings. The molecular weight excluding hydrogens is 308 g/mol. The molecule has 0 atom stereocenters. The lowest BCUT2D eigenvalue weighted by atomic mass is 10.2. The zero-order chi connectivity index (χ0) is 17.7. The van der Waals surface area contributed by atoms with E-state index in [4.69, 9.17) is 4.74 Å². The molecule has 0 unspecified atom stereocenters.